The van der Waals surface area contributed by atoms with E-state index in [2.05, 4.69) is 25.2 Å². The molecule has 0 radical (unpaired) electrons. The highest BCUT2D eigenvalue weighted by atomic mass is 35.5. The molecule has 0 bridgehead atoms. The predicted molar refractivity (Wildman–Crippen MR) is 60.6 cm³/mol. The summed E-state index contributed by atoms with van der Waals surface area (Å²) >= 11 is 5.82. The first-order valence-corrected chi connectivity index (χ1v) is 4.97. The van der Waals surface area contributed by atoms with E-state index in [4.69, 9.17) is 17.3 Å². The number of halogens is 1. The van der Waals surface area contributed by atoms with Crippen molar-refractivity contribution in [3.63, 3.8) is 0 Å². The van der Waals surface area contributed by atoms with Gasteiger partial charge in [0.1, 0.15) is 0 Å². The second-order valence-corrected chi connectivity index (χ2v) is 3.66. The number of pyridine rings is 1. The number of carbonyl (C=O) groups excluding carboxylic acids is 1. The first kappa shape index (κ1) is 11.3. The number of hydrogen-bond acceptors (Lipinski definition) is 6. The lowest BCUT2D eigenvalue weighted by atomic mass is 10.3. The minimum atomic E-state index is -0.557. The Morgan fingerprint density at radius 3 is 2.94 bits per heavy atom. The molecule has 0 saturated carbocycles. The average molecular weight is 254 g/mol. The van der Waals surface area contributed by atoms with Gasteiger partial charge in [0, 0.05) is 6.20 Å². The number of carbonyl (C=O) groups is 1. The Bertz CT molecular complexity index is 568. The summed E-state index contributed by atoms with van der Waals surface area (Å²) in [6.07, 6.45) is 1.59. The fourth-order valence-corrected chi connectivity index (χ4v) is 1.33. The van der Waals surface area contributed by atoms with Crippen LogP contribution in [0.5, 0.6) is 0 Å². The highest BCUT2D eigenvalue weighted by molar-refractivity contribution is 6.32. The molecular formula is C9H8ClN5O2. The molecule has 8 heteroatoms. The Morgan fingerprint density at radius 2 is 2.29 bits per heavy atom. The van der Waals surface area contributed by atoms with E-state index in [1.54, 1.807) is 12.3 Å². The van der Waals surface area contributed by atoms with Crippen molar-refractivity contribution in [1.29, 1.82) is 0 Å². The third-order valence-corrected chi connectivity index (χ3v) is 2.25. The lowest BCUT2D eigenvalue weighted by molar-refractivity contribution is 0.101. The molecule has 0 spiro atoms. The van der Waals surface area contributed by atoms with Gasteiger partial charge in [-0.25, -0.2) is 9.61 Å². The fraction of sp³-hybridized carbons (Fsp3) is 0.111. The molecule has 3 N–H and O–H groups in total. The van der Waals surface area contributed by atoms with Gasteiger partial charge < -0.3 is 11.1 Å². The number of nitrogen functional groups attached to an aromatic ring is 1. The second-order valence-electron chi connectivity index (χ2n) is 3.30. The summed E-state index contributed by atoms with van der Waals surface area (Å²) < 4.78 is 4.32. The molecule has 0 aliphatic rings. The van der Waals surface area contributed by atoms with Crippen LogP contribution >= 0.6 is 11.6 Å². The number of nitrogens with one attached hydrogen (secondary N) is 1. The van der Waals surface area contributed by atoms with Gasteiger partial charge >= 0.3 is 0 Å². The van der Waals surface area contributed by atoms with Gasteiger partial charge in [-0.3, -0.25) is 4.79 Å². The number of rotatable bonds is 2. The summed E-state index contributed by atoms with van der Waals surface area (Å²) in [5.41, 5.74) is 6.52. The summed E-state index contributed by atoms with van der Waals surface area (Å²) in [5, 5.41) is 9.38. The van der Waals surface area contributed by atoms with Crippen molar-refractivity contribution in [2.24, 2.45) is 0 Å². The summed E-state index contributed by atoms with van der Waals surface area (Å²) in [6.45, 7) is 1.82. The molecule has 2 rings (SSSR count). The van der Waals surface area contributed by atoms with E-state index in [1.165, 1.54) is 0 Å². The van der Waals surface area contributed by atoms with E-state index in [0.717, 1.165) is 5.56 Å². The summed E-state index contributed by atoms with van der Waals surface area (Å²) in [5.74, 6) is -0.641. The number of nitrogens with two attached hydrogens (primary N) is 1. The Hall–Kier alpha value is -2.15. The average Bonchev–Trinajstić information content (AvgIpc) is 2.70. The van der Waals surface area contributed by atoms with Crippen LogP contribution in [0.2, 0.25) is 5.15 Å². The molecule has 7 nitrogen and oxygen atoms in total. The van der Waals surface area contributed by atoms with Gasteiger partial charge in [0.15, 0.2) is 5.15 Å². The Labute approximate surface area is 101 Å². The fourth-order valence-electron chi connectivity index (χ4n) is 1.17. The second kappa shape index (κ2) is 4.38. The normalized spacial score (nSPS) is 10.2. The first-order valence-electron chi connectivity index (χ1n) is 4.59. The molecule has 0 aliphatic carbocycles. The van der Waals surface area contributed by atoms with Gasteiger partial charge in [0.2, 0.25) is 11.5 Å². The molecule has 2 heterocycles. The van der Waals surface area contributed by atoms with Gasteiger partial charge in [0.25, 0.3) is 5.91 Å². The largest absolute Gasteiger partial charge is 0.379 e. The number of anilines is 2. The van der Waals surface area contributed by atoms with E-state index in [-0.39, 0.29) is 16.7 Å². The van der Waals surface area contributed by atoms with E-state index in [9.17, 15) is 4.79 Å². The van der Waals surface area contributed by atoms with E-state index >= 15 is 0 Å². The molecule has 17 heavy (non-hydrogen) atoms. The molecule has 0 aliphatic heterocycles. The van der Waals surface area contributed by atoms with Gasteiger partial charge in [-0.1, -0.05) is 11.6 Å². The summed E-state index contributed by atoms with van der Waals surface area (Å²) in [6, 6.07) is 1.68. The monoisotopic (exact) mass is 253 g/mol. The molecule has 0 fully saturated rings. The molecule has 0 atom stereocenters. The maximum absolute atomic E-state index is 11.7. The van der Waals surface area contributed by atoms with E-state index in [0.29, 0.717) is 5.69 Å². The number of aromatic nitrogens is 3. The van der Waals surface area contributed by atoms with Crippen molar-refractivity contribution in [3.8, 4) is 0 Å². The standard InChI is InChI=1S/C9H8ClN5O2/c1-4-2-5(7(10)12-3-4)13-9(16)6-8(11)15-17-14-6/h2-3H,1H3,(H2,11,15)(H,13,16). The molecule has 2 aromatic heterocycles. The number of amides is 1. The van der Waals surface area contributed by atoms with E-state index < -0.39 is 5.91 Å². The molecule has 1 amide bonds. The maximum atomic E-state index is 11.7. The zero-order valence-electron chi connectivity index (χ0n) is 8.77. The highest BCUT2D eigenvalue weighted by Gasteiger charge is 2.17. The SMILES string of the molecule is Cc1cnc(Cl)c(NC(=O)c2nonc2N)c1. The molecule has 0 aromatic carbocycles. The summed E-state index contributed by atoms with van der Waals surface area (Å²) in [7, 11) is 0. The zero-order chi connectivity index (χ0) is 12.4. The predicted octanol–water partition coefficient (Wildman–Crippen LogP) is 1.26. The maximum Gasteiger partial charge on any atom is 0.281 e. The third-order valence-electron chi connectivity index (χ3n) is 1.95. The van der Waals surface area contributed by atoms with Crippen LogP contribution in [0.1, 0.15) is 16.1 Å². The smallest absolute Gasteiger partial charge is 0.281 e. The van der Waals surface area contributed by atoms with Crippen LogP contribution < -0.4 is 11.1 Å². The van der Waals surface area contributed by atoms with Gasteiger partial charge in [-0.2, -0.15) is 0 Å². The lowest BCUT2D eigenvalue weighted by Crippen LogP contribution is -2.14. The molecule has 0 saturated heterocycles. The van der Waals surface area contributed by atoms with Crippen molar-refractivity contribution in [3.05, 3.63) is 28.7 Å². The van der Waals surface area contributed by atoms with Crippen molar-refractivity contribution in [2.45, 2.75) is 6.92 Å². The van der Waals surface area contributed by atoms with Crippen molar-refractivity contribution < 1.29 is 9.42 Å². The van der Waals surface area contributed by atoms with Gasteiger partial charge in [-0.15, -0.1) is 0 Å². The minimum absolute atomic E-state index is 0.0840. The summed E-state index contributed by atoms with van der Waals surface area (Å²) in [4.78, 5) is 15.6. The highest BCUT2D eigenvalue weighted by Crippen LogP contribution is 2.20. The van der Waals surface area contributed by atoms with Gasteiger partial charge in [0.05, 0.1) is 5.69 Å². The number of aryl methyl sites for hydroxylation is 1. The number of nitrogens with zero attached hydrogens (tertiary/aromatic N) is 3. The van der Waals surface area contributed by atoms with E-state index in [1.807, 2.05) is 6.92 Å². The number of hydrogen-bond donors (Lipinski definition) is 2. The topological polar surface area (TPSA) is 107 Å². The van der Waals surface area contributed by atoms with Crippen molar-refractivity contribution in [2.75, 3.05) is 11.1 Å². The van der Waals surface area contributed by atoms with Crippen LogP contribution in [0.15, 0.2) is 16.9 Å². The third kappa shape index (κ3) is 2.34. The van der Waals surface area contributed by atoms with Gasteiger partial charge in [-0.05, 0) is 28.9 Å². The molecule has 0 unspecified atom stereocenters. The van der Waals surface area contributed by atoms with Crippen LogP contribution in [0.3, 0.4) is 0 Å². The van der Waals surface area contributed by atoms with Crippen LogP contribution in [-0.2, 0) is 0 Å². The zero-order valence-corrected chi connectivity index (χ0v) is 9.52. The van der Waals surface area contributed by atoms with Crippen LogP contribution in [-0.4, -0.2) is 21.2 Å². The Morgan fingerprint density at radius 1 is 1.53 bits per heavy atom. The van der Waals surface area contributed by atoms with Crippen LogP contribution in [0.4, 0.5) is 11.5 Å². The van der Waals surface area contributed by atoms with Crippen molar-refractivity contribution >= 4 is 29.0 Å². The van der Waals surface area contributed by atoms with Crippen LogP contribution in [0, 0.1) is 6.92 Å². The first-order chi connectivity index (χ1) is 8.08. The Balaban J connectivity index is 2.24. The quantitative estimate of drug-likeness (QED) is 0.780. The lowest BCUT2D eigenvalue weighted by Gasteiger charge is -2.05. The van der Waals surface area contributed by atoms with Crippen molar-refractivity contribution in [1.82, 2.24) is 15.3 Å². The molecule has 88 valence electrons. The molecular weight excluding hydrogens is 246 g/mol. The Kier molecular flexibility index (Phi) is 2.92. The van der Waals surface area contributed by atoms with Crippen LogP contribution in [0.25, 0.3) is 0 Å². The minimum Gasteiger partial charge on any atom is -0.379 e. The molecule has 2 aromatic rings.